The summed E-state index contributed by atoms with van der Waals surface area (Å²) in [7, 11) is 0. The fourth-order valence-corrected chi connectivity index (χ4v) is 1.95. The van der Waals surface area contributed by atoms with E-state index in [9.17, 15) is 13.2 Å². The van der Waals surface area contributed by atoms with Crippen molar-refractivity contribution < 1.29 is 13.2 Å². The normalized spacial score (nSPS) is 11.4. The van der Waals surface area contributed by atoms with Gasteiger partial charge in [0.15, 0.2) is 0 Å². The first-order valence-corrected chi connectivity index (χ1v) is 6.26. The van der Waals surface area contributed by atoms with Gasteiger partial charge in [-0.15, -0.1) is 0 Å². The molecule has 0 atom stereocenters. The first-order valence-electron chi connectivity index (χ1n) is 5.88. The zero-order valence-electron chi connectivity index (χ0n) is 10.6. The van der Waals surface area contributed by atoms with Gasteiger partial charge in [-0.25, -0.2) is 4.98 Å². The van der Waals surface area contributed by atoms with Gasteiger partial charge in [-0.3, -0.25) is 0 Å². The van der Waals surface area contributed by atoms with Gasteiger partial charge < -0.3 is 5.32 Å². The molecular formula is C14H12ClF3N2. The van der Waals surface area contributed by atoms with Gasteiger partial charge in [0.25, 0.3) is 0 Å². The van der Waals surface area contributed by atoms with Crippen LogP contribution in [0.1, 0.15) is 16.7 Å². The van der Waals surface area contributed by atoms with Gasteiger partial charge >= 0.3 is 6.18 Å². The van der Waals surface area contributed by atoms with Crippen LogP contribution in [-0.4, -0.2) is 4.98 Å². The molecule has 0 unspecified atom stereocenters. The Balaban J connectivity index is 2.04. The number of nitrogens with one attached hydrogen (secondary N) is 1. The van der Waals surface area contributed by atoms with Gasteiger partial charge in [0, 0.05) is 12.7 Å². The number of rotatable bonds is 3. The molecule has 0 radical (unpaired) electrons. The Bertz CT molecular complexity index is 594. The van der Waals surface area contributed by atoms with Crippen molar-refractivity contribution in [3.63, 3.8) is 0 Å². The molecule has 2 aromatic rings. The Morgan fingerprint density at radius 1 is 1.20 bits per heavy atom. The van der Waals surface area contributed by atoms with E-state index < -0.39 is 11.7 Å². The first kappa shape index (κ1) is 14.7. The van der Waals surface area contributed by atoms with Crippen LogP contribution in [0.4, 0.5) is 19.0 Å². The summed E-state index contributed by atoms with van der Waals surface area (Å²) in [5, 5.41) is 3.47. The van der Waals surface area contributed by atoms with Crippen molar-refractivity contribution in [3.05, 3.63) is 58.2 Å². The van der Waals surface area contributed by atoms with E-state index in [0.29, 0.717) is 17.4 Å². The molecule has 0 saturated heterocycles. The lowest BCUT2D eigenvalue weighted by Gasteiger charge is -2.10. The predicted octanol–water partition coefficient (Wildman–Crippen LogP) is 4.67. The number of nitrogens with zero attached hydrogens (tertiary/aromatic N) is 1. The third-order valence-electron chi connectivity index (χ3n) is 2.72. The van der Waals surface area contributed by atoms with Gasteiger partial charge in [0.1, 0.15) is 5.82 Å². The summed E-state index contributed by atoms with van der Waals surface area (Å²) in [5.74, 6) is 0.511. The third-order valence-corrected chi connectivity index (χ3v) is 3.01. The highest BCUT2D eigenvalue weighted by atomic mass is 35.5. The van der Waals surface area contributed by atoms with Crippen LogP contribution < -0.4 is 5.32 Å². The largest absolute Gasteiger partial charge is 0.416 e. The Morgan fingerprint density at radius 2 is 1.85 bits per heavy atom. The molecule has 1 aromatic heterocycles. The maximum atomic E-state index is 12.4. The number of aromatic nitrogens is 1. The molecule has 1 N–H and O–H groups in total. The molecule has 2 rings (SSSR count). The van der Waals surface area contributed by atoms with Crippen LogP contribution in [0.2, 0.25) is 5.02 Å². The topological polar surface area (TPSA) is 24.9 Å². The number of benzene rings is 1. The molecule has 0 fully saturated rings. The average Bonchev–Trinajstić information content (AvgIpc) is 2.37. The van der Waals surface area contributed by atoms with E-state index in [0.717, 1.165) is 23.3 Å². The summed E-state index contributed by atoms with van der Waals surface area (Å²) in [6.07, 6.45) is -2.64. The number of hydrogen-bond acceptors (Lipinski definition) is 2. The Morgan fingerprint density at radius 3 is 2.40 bits per heavy atom. The van der Waals surface area contributed by atoms with Gasteiger partial charge in [0.05, 0.1) is 10.6 Å². The van der Waals surface area contributed by atoms with E-state index in [1.807, 2.05) is 6.92 Å². The number of alkyl halides is 3. The van der Waals surface area contributed by atoms with E-state index in [1.165, 1.54) is 12.1 Å². The Kier molecular flexibility index (Phi) is 4.18. The number of anilines is 1. The van der Waals surface area contributed by atoms with E-state index in [2.05, 4.69) is 10.3 Å². The van der Waals surface area contributed by atoms with Gasteiger partial charge in [-0.2, -0.15) is 13.2 Å². The van der Waals surface area contributed by atoms with Crippen molar-refractivity contribution in [1.82, 2.24) is 4.98 Å². The molecule has 0 bridgehead atoms. The standard InChI is InChI=1S/C14H12ClF3N2/c1-9-6-12(15)13(19-7-9)20-8-10-2-4-11(5-3-10)14(16,17)18/h2-7H,8H2,1H3,(H,19,20). The number of hydrogen-bond donors (Lipinski definition) is 1. The quantitative estimate of drug-likeness (QED) is 0.890. The van der Waals surface area contributed by atoms with Crippen LogP contribution in [0.15, 0.2) is 36.5 Å². The molecule has 20 heavy (non-hydrogen) atoms. The monoisotopic (exact) mass is 300 g/mol. The van der Waals surface area contributed by atoms with Crippen molar-refractivity contribution in [2.45, 2.75) is 19.6 Å². The second kappa shape index (κ2) is 5.71. The Hall–Kier alpha value is -1.75. The van der Waals surface area contributed by atoms with Crippen LogP contribution in [-0.2, 0) is 12.7 Å². The van der Waals surface area contributed by atoms with Crippen molar-refractivity contribution in [3.8, 4) is 0 Å². The Labute approximate surface area is 119 Å². The summed E-state index contributed by atoms with van der Waals surface area (Å²) < 4.78 is 37.3. The summed E-state index contributed by atoms with van der Waals surface area (Å²) in [6, 6.07) is 6.74. The zero-order chi connectivity index (χ0) is 14.8. The lowest BCUT2D eigenvalue weighted by atomic mass is 10.1. The van der Waals surface area contributed by atoms with Crippen molar-refractivity contribution in [2.24, 2.45) is 0 Å². The van der Waals surface area contributed by atoms with E-state index in [-0.39, 0.29) is 0 Å². The molecular weight excluding hydrogens is 289 g/mol. The van der Waals surface area contributed by atoms with Crippen molar-refractivity contribution >= 4 is 17.4 Å². The molecule has 0 amide bonds. The smallest absolute Gasteiger partial charge is 0.365 e. The zero-order valence-corrected chi connectivity index (χ0v) is 11.4. The summed E-state index contributed by atoms with van der Waals surface area (Å²) >= 11 is 6.01. The highest BCUT2D eigenvalue weighted by molar-refractivity contribution is 6.32. The fraction of sp³-hybridized carbons (Fsp3) is 0.214. The molecule has 0 saturated carbocycles. The highest BCUT2D eigenvalue weighted by Crippen LogP contribution is 2.29. The second-order valence-corrected chi connectivity index (χ2v) is 4.80. The third kappa shape index (κ3) is 3.63. The number of halogens is 4. The van der Waals surface area contributed by atoms with Gasteiger partial charge in [0.2, 0.25) is 0 Å². The van der Waals surface area contributed by atoms with Crippen LogP contribution >= 0.6 is 11.6 Å². The molecule has 0 aliphatic rings. The van der Waals surface area contributed by atoms with E-state index in [1.54, 1.807) is 12.3 Å². The van der Waals surface area contributed by atoms with Gasteiger partial charge in [-0.1, -0.05) is 23.7 Å². The molecule has 106 valence electrons. The second-order valence-electron chi connectivity index (χ2n) is 4.39. The predicted molar refractivity (Wildman–Crippen MR) is 72.8 cm³/mol. The minimum absolute atomic E-state index is 0.355. The number of pyridine rings is 1. The fourth-order valence-electron chi connectivity index (χ4n) is 1.66. The summed E-state index contributed by atoms with van der Waals surface area (Å²) in [6.45, 7) is 2.23. The van der Waals surface area contributed by atoms with Crippen LogP contribution in [0.25, 0.3) is 0 Å². The molecule has 0 aliphatic heterocycles. The first-order chi connectivity index (χ1) is 9.36. The molecule has 6 heteroatoms. The lowest BCUT2D eigenvalue weighted by Crippen LogP contribution is -2.06. The summed E-state index contributed by atoms with van der Waals surface area (Å²) in [4.78, 5) is 4.13. The van der Waals surface area contributed by atoms with E-state index in [4.69, 9.17) is 11.6 Å². The van der Waals surface area contributed by atoms with Crippen molar-refractivity contribution in [1.29, 1.82) is 0 Å². The molecule has 1 heterocycles. The molecule has 1 aromatic carbocycles. The van der Waals surface area contributed by atoms with Crippen LogP contribution in [0.5, 0.6) is 0 Å². The van der Waals surface area contributed by atoms with Crippen LogP contribution in [0.3, 0.4) is 0 Å². The number of aryl methyl sites for hydroxylation is 1. The van der Waals surface area contributed by atoms with Crippen LogP contribution in [0, 0.1) is 6.92 Å². The minimum atomic E-state index is -4.31. The average molecular weight is 301 g/mol. The lowest BCUT2D eigenvalue weighted by molar-refractivity contribution is -0.137. The summed E-state index contributed by atoms with van der Waals surface area (Å²) in [5.41, 5.74) is 0.999. The van der Waals surface area contributed by atoms with Gasteiger partial charge in [-0.05, 0) is 36.2 Å². The maximum absolute atomic E-state index is 12.4. The molecule has 0 aliphatic carbocycles. The SMILES string of the molecule is Cc1cnc(NCc2ccc(C(F)(F)F)cc2)c(Cl)c1. The molecule has 2 nitrogen and oxygen atoms in total. The van der Waals surface area contributed by atoms with E-state index >= 15 is 0 Å². The minimum Gasteiger partial charge on any atom is -0.365 e. The van der Waals surface area contributed by atoms with Crippen molar-refractivity contribution in [2.75, 3.05) is 5.32 Å². The molecule has 0 spiro atoms. The maximum Gasteiger partial charge on any atom is 0.416 e. The highest BCUT2D eigenvalue weighted by Gasteiger charge is 2.29.